The van der Waals surface area contributed by atoms with Crippen molar-refractivity contribution in [2.45, 2.75) is 83.7 Å². The van der Waals surface area contributed by atoms with E-state index >= 15 is 0 Å². The third-order valence-electron chi connectivity index (χ3n) is 10.6. The van der Waals surface area contributed by atoms with Crippen molar-refractivity contribution in [3.8, 4) is 5.75 Å². The highest BCUT2D eigenvalue weighted by Crippen LogP contribution is 2.65. The van der Waals surface area contributed by atoms with Gasteiger partial charge in [0, 0.05) is 19.6 Å². The number of urea groups is 1. The number of carboxylic acid groups (broad SMARTS) is 1. The summed E-state index contributed by atoms with van der Waals surface area (Å²) < 4.78 is 18.6. The zero-order chi connectivity index (χ0) is 33.7. The minimum atomic E-state index is -1.51. The van der Waals surface area contributed by atoms with E-state index in [0.29, 0.717) is 18.0 Å². The van der Waals surface area contributed by atoms with Crippen LogP contribution in [0, 0.1) is 17.3 Å². The van der Waals surface area contributed by atoms with Gasteiger partial charge in [0.2, 0.25) is 5.91 Å². The molecule has 2 aliphatic heterocycles. The van der Waals surface area contributed by atoms with E-state index in [4.69, 9.17) is 14.0 Å². The van der Waals surface area contributed by atoms with E-state index in [2.05, 4.69) is 24.5 Å². The average Bonchev–Trinajstić information content (AvgIpc) is 3.37. The Balaban J connectivity index is 1.40. The van der Waals surface area contributed by atoms with Gasteiger partial charge in [-0.3, -0.25) is 19.3 Å². The number of nitrogens with zero attached hydrogens (tertiary/aromatic N) is 2. The van der Waals surface area contributed by atoms with E-state index in [1.807, 2.05) is 6.92 Å². The van der Waals surface area contributed by atoms with Crippen molar-refractivity contribution in [3.05, 3.63) is 29.3 Å². The lowest BCUT2D eigenvalue weighted by Crippen LogP contribution is -2.65. The number of benzene rings is 1. The molecule has 1 aromatic rings. The fourth-order valence-electron chi connectivity index (χ4n) is 7.74. The quantitative estimate of drug-likeness (QED) is 0.211. The molecule has 7 atom stereocenters. The predicted molar refractivity (Wildman–Crippen MR) is 164 cm³/mol. The molecule has 1 aromatic carbocycles. The van der Waals surface area contributed by atoms with Crippen molar-refractivity contribution < 1.29 is 48.2 Å². The molecular formula is C31H43BN4O10. The first-order valence-electron chi connectivity index (χ1n) is 15.8. The van der Waals surface area contributed by atoms with Crippen molar-refractivity contribution in [1.82, 2.24) is 20.4 Å². The number of carbonyl (C=O) groups excluding carboxylic acids is 4. The summed E-state index contributed by atoms with van der Waals surface area (Å²) in [6.07, 6.45) is 0.215. The smallest absolute Gasteiger partial charge is 0.482 e. The molecule has 2 heterocycles. The first-order valence-corrected chi connectivity index (χ1v) is 15.8. The van der Waals surface area contributed by atoms with Crippen molar-refractivity contribution in [3.63, 3.8) is 0 Å². The number of rotatable bonds is 10. The highest BCUT2D eigenvalue weighted by Gasteiger charge is 2.68. The fraction of sp³-hybridized carbons (Fsp3) is 0.645. The summed E-state index contributed by atoms with van der Waals surface area (Å²) >= 11 is 0. The molecule has 15 heteroatoms. The Morgan fingerprint density at radius 1 is 1.13 bits per heavy atom. The van der Waals surface area contributed by atoms with Crippen LogP contribution in [0.3, 0.4) is 0 Å². The fourth-order valence-corrected chi connectivity index (χ4v) is 7.74. The summed E-state index contributed by atoms with van der Waals surface area (Å²) in [6, 6.07) is 2.17. The van der Waals surface area contributed by atoms with Crippen LogP contribution in [-0.2, 0) is 30.1 Å². The van der Waals surface area contributed by atoms with Crippen LogP contribution in [0.15, 0.2) is 18.2 Å². The summed E-state index contributed by atoms with van der Waals surface area (Å²) in [7, 11) is 0.413. The number of hydrogen-bond donors (Lipinski definition) is 4. The molecule has 46 heavy (non-hydrogen) atoms. The number of methoxy groups -OCH3 is 1. The molecular weight excluding hydrogens is 599 g/mol. The zero-order valence-corrected chi connectivity index (χ0v) is 27.1. The Morgan fingerprint density at radius 2 is 1.85 bits per heavy atom. The summed E-state index contributed by atoms with van der Waals surface area (Å²) in [6.45, 7) is 9.90. The monoisotopic (exact) mass is 642 g/mol. The average molecular weight is 643 g/mol. The SMILES string of the molecule is CCN1CCN(C(=O)N[C@@H](C(=O)N[C@@H](Cc2cccc(C(=O)O)c2OC)B2OC3C[C@@H]4C[C@@H](C4(C)C)[C@]3(C)O2)[C@@H](C)O)C(=O)C1=O. The lowest BCUT2D eigenvalue weighted by atomic mass is 9.43. The van der Waals surface area contributed by atoms with Gasteiger partial charge in [0.05, 0.1) is 30.9 Å². The number of ether oxygens (including phenoxy) is 1. The number of aromatic carboxylic acids is 1. The van der Waals surface area contributed by atoms with Crippen LogP contribution in [0.2, 0.25) is 0 Å². The molecule has 250 valence electrons. The molecule has 14 nitrogen and oxygen atoms in total. The van der Waals surface area contributed by atoms with Gasteiger partial charge in [-0.05, 0) is 68.9 Å². The Labute approximate surface area is 268 Å². The number of aliphatic hydroxyl groups excluding tert-OH is 1. The standard InChI is InChI=1S/C31H43BN4O10/c1-7-35-11-12-36(27(40)26(35)39)29(43)34-23(16(2)37)25(38)33-22(13-17-9-8-10-19(28(41)42)24(17)44-6)32-45-21-15-18-14-20(30(18,3)4)31(21,5)46-32/h8-10,16,18,20-23,37H,7,11-15H2,1-6H3,(H,33,38)(H,34,43)(H,41,42)/t16-,18+,20+,21?,22+,23-,31+/m1/s1. The predicted octanol–water partition coefficient (Wildman–Crippen LogP) is 0.838. The molecule has 1 unspecified atom stereocenters. The first kappa shape index (κ1) is 33.7. The molecule has 3 saturated carbocycles. The lowest BCUT2D eigenvalue weighted by molar-refractivity contribution is -0.199. The van der Waals surface area contributed by atoms with Crippen LogP contribution in [0.5, 0.6) is 5.75 Å². The number of imide groups is 1. The minimum absolute atomic E-state index is 0.0351. The molecule has 5 aliphatic rings. The molecule has 0 spiro atoms. The second kappa shape index (κ2) is 12.5. The maximum absolute atomic E-state index is 13.8. The van der Waals surface area contributed by atoms with Gasteiger partial charge in [-0.25, -0.2) is 9.59 Å². The molecule has 5 amide bonds. The molecule has 3 aliphatic carbocycles. The number of aliphatic hydroxyl groups is 1. The van der Waals surface area contributed by atoms with Gasteiger partial charge in [-0.1, -0.05) is 26.0 Å². The number of hydrogen-bond acceptors (Lipinski definition) is 9. The molecule has 2 saturated heterocycles. The van der Waals surface area contributed by atoms with E-state index in [0.717, 1.165) is 17.7 Å². The van der Waals surface area contributed by atoms with Crippen LogP contribution in [0.4, 0.5) is 4.79 Å². The van der Waals surface area contributed by atoms with Gasteiger partial charge < -0.3 is 39.8 Å². The van der Waals surface area contributed by atoms with Crippen LogP contribution in [0.25, 0.3) is 0 Å². The number of carbonyl (C=O) groups is 5. The highest BCUT2D eigenvalue weighted by atomic mass is 16.7. The van der Waals surface area contributed by atoms with Gasteiger partial charge in [0.25, 0.3) is 0 Å². The van der Waals surface area contributed by atoms with Crippen molar-refractivity contribution in [2.24, 2.45) is 17.3 Å². The summed E-state index contributed by atoms with van der Waals surface area (Å²) in [5.74, 6) is -3.90. The molecule has 4 N–H and O–H groups in total. The van der Waals surface area contributed by atoms with Crippen LogP contribution in [-0.4, -0.2) is 113 Å². The zero-order valence-electron chi connectivity index (χ0n) is 27.1. The van der Waals surface area contributed by atoms with Crippen molar-refractivity contribution >= 4 is 36.8 Å². The van der Waals surface area contributed by atoms with Gasteiger partial charge in [0.1, 0.15) is 17.4 Å². The van der Waals surface area contributed by atoms with Crippen molar-refractivity contribution in [2.75, 3.05) is 26.7 Å². The van der Waals surface area contributed by atoms with Crippen molar-refractivity contribution in [1.29, 1.82) is 0 Å². The Kier molecular flexibility index (Phi) is 9.14. The Hall–Kier alpha value is -3.69. The number of nitrogens with one attached hydrogen (secondary N) is 2. The second-order valence-corrected chi connectivity index (χ2v) is 13.5. The number of amides is 5. The number of piperazine rings is 1. The first-order chi connectivity index (χ1) is 21.6. The van der Waals surface area contributed by atoms with Gasteiger partial charge in [-0.15, -0.1) is 0 Å². The maximum Gasteiger partial charge on any atom is 0.482 e. The van der Waals surface area contributed by atoms with Gasteiger partial charge in [-0.2, -0.15) is 0 Å². The molecule has 5 fully saturated rings. The summed E-state index contributed by atoms with van der Waals surface area (Å²) in [5, 5.41) is 25.6. The number of para-hydroxylation sites is 1. The maximum atomic E-state index is 13.8. The second-order valence-electron chi connectivity index (χ2n) is 13.5. The normalized spacial score (nSPS) is 28.5. The highest BCUT2D eigenvalue weighted by molar-refractivity contribution is 6.48. The van der Waals surface area contributed by atoms with E-state index in [1.165, 1.54) is 25.0 Å². The van der Waals surface area contributed by atoms with Gasteiger partial charge >= 0.3 is 30.9 Å². The van der Waals surface area contributed by atoms with E-state index in [1.54, 1.807) is 19.1 Å². The summed E-state index contributed by atoms with van der Waals surface area (Å²) in [5.41, 5.74) is -0.146. The Bertz CT molecular complexity index is 1420. The molecule has 0 aromatic heterocycles. The molecule has 6 rings (SSSR count). The van der Waals surface area contributed by atoms with Gasteiger partial charge in [0.15, 0.2) is 0 Å². The molecule has 2 bridgehead atoms. The largest absolute Gasteiger partial charge is 0.496 e. The Morgan fingerprint density at radius 3 is 2.46 bits per heavy atom. The number of carboxylic acids is 1. The van der Waals surface area contributed by atoms with E-state index in [-0.39, 0.29) is 48.3 Å². The topological polar surface area (TPSA) is 184 Å². The third kappa shape index (κ3) is 5.73. The van der Waals surface area contributed by atoms with Crippen LogP contribution in [0.1, 0.15) is 63.4 Å². The van der Waals surface area contributed by atoms with E-state index < -0.39 is 60.5 Å². The number of likely N-dealkylation sites (N-methyl/N-ethyl adjacent to an activating group) is 1. The summed E-state index contributed by atoms with van der Waals surface area (Å²) in [4.78, 5) is 65.8. The van der Waals surface area contributed by atoms with Crippen LogP contribution < -0.4 is 15.4 Å². The third-order valence-corrected chi connectivity index (χ3v) is 10.6. The molecule has 0 radical (unpaired) electrons. The minimum Gasteiger partial charge on any atom is -0.496 e. The van der Waals surface area contributed by atoms with Crippen LogP contribution >= 0.6 is 0 Å². The lowest BCUT2D eigenvalue weighted by Gasteiger charge is -2.64. The van der Waals surface area contributed by atoms with E-state index in [9.17, 15) is 34.2 Å².